The number of alkyl halides is 3. The maximum atomic E-state index is 13.5. The van der Waals surface area contributed by atoms with Gasteiger partial charge in [0.25, 0.3) is 0 Å². The normalized spacial score (nSPS) is 23.9. The van der Waals surface area contributed by atoms with Crippen molar-refractivity contribution in [3.8, 4) is 0 Å². The van der Waals surface area contributed by atoms with E-state index in [1.165, 1.54) is 37.4 Å². The molecule has 2 fully saturated rings. The predicted octanol–water partition coefficient (Wildman–Crippen LogP) is 4.09. The van der Waals surface area contributed by atoms with Crippen molar-refractivity contribution in [1.29, 1.82) is 0 Å². The Hall–Kier alpha value is -3.38. The van der Waals surface area contributed by atoms with Gasteiger partial charge < -0.3 is 10.1 Å². The second kappa shape index (κ2) is 11.4. The molecule has 12 heteroatoms. The largest absolute Gasteiger partial charge is 0.416 e. The third kappa shape index (κ3) is 6.11. The van der Waals surface area contributed by atoms with Crippen molar-refractivity contribution in [2.45, 2.75) is 22.7 Å². The summed E-state index contributed by atoms with van der Waals surface area (Å²) in [7, 11) is -2.51. The lowest BCUT2D eigenvalue weighted by Gasteiger charge is -2.23. The van der Waals surface area contributed by atoms with Gasteiger partial charge >= 0.3 is 6.18 Å². The highest BCUT2D eigenvalue weighted by Gasteiger charge is 2.54. The average molecular weight is 566 g/mol. The molecule has 0 spiro atoms. The van der Waals surface area contributed by atoms with Crippen LogP contribution in [0.1, 0.15) is 17.5 Å². The van der Waals surface area contributed by atoms with Crippen molar-refractivity contribution in [1.82, 2.24) is 5.32 Å². The zero-order chi connectivity index (χ0) is 28.4. The van der Waals surface area contributed by atoms with Crippen LogP contribution in [0.3, 0.4) is 0 Å². The number of amides is 1. The predicted molar refractivity (Wildman–Crippen MR) is 138 cm³/mol. The Morgan fingerprint density at radius 1 is 1.13 bits per heavy atom. The number of nitrogens with zero attached hydrogens (tertiary/aromatic N) is 2. The molecule has 1 heterocycles. The zero-order valence-electron chi connectivity index (χ0n) is 21.0. The first-order valence-electron chi connectivity index (χ1n) is 12.1. The summed E-state index contributed by atoms with van der Waals surface area (Å²) in [5.74, 6) is -2.40. The molecule has 1 aliphatic carbocycles. The molecular formula is C27H27F4N3O4S. The Bertz CT molecular complexity index is 1390. The molecule has 0 bridgehead atoms. The minimum absolute atomic E-state index is 0.0621. The molecule has 7 nitrogen and oxygen atoms in total. The van der Waals surface area contributed by atoms with Crippen LogP contribution in [0.25, 0.3) is 0 Å². The maximum absolute atomic E-state index is 13.5. The number of aliphatic imine (C=N–C) groups is 2. The fourth-order valence-corrected chi connectivity index (χ4v) is 7.45. The Morgan fingerprint density at radius 2 is 1.79 bits per heavy atom. The molecule has 1 amide bonds. The number of benzene rings is 2. The van der Waals surface area contributed by atoms with Crippen LogP contribution in [-0.2, 0) is 25.5 Å². The molecule has 2 aromatic carbocycles. The number of sulfone groups is 1. The molecule has 208 valence electrons. The van der Waals surface area contributed by atoms with Gasteiger partial charge in [0.05, 0.1) is 46.2 Å². The number of hydrogen-bond donors (Lipinski definition) is 1. The van der Waals surface area contributed by atoms with Gasteiger partial charge in [0.1, 0.15) is 5.82 Å². The van der Waals surface area contributed by atoms with E-state index in [1.807, 2.05) is 0 Å². The summed E-state index contributed by atoms with van der Waals surface area (Å²) >= 11 is 0. The Balaban J connectivity index is 1.51. The number of rotatable bonds is 8. The number of allylic oxidation sites excluding steroid dienone is 1. The second-order valence-electron chi connectivity index (χ2n) is 9.46. The topological polar surface area (TPSA) is 97.2 Å². The van der Waals surface area contributed by atoms with Crippen LogP contribution >= 0.6 is 0 Å². The standard InChI is InChI=1S/C27H27F4N3O4S/c1-32-20(12-24(33-2)16-3-5-18(6-4-16)27(29,30)31)13-34-26(35)22-11-17-14-38-15-23(17)25(22)39(36,37)21-9-7-19(28)8-10-21/h3-10,12,17,22-23,25H,1,11,13-15H2,2H3,(H,34,35)/b20-12-,33-24?/t17-,22+,23+,25?/m0/s1. The number of halogens is 4. The number of ether oxygens (including phenoxy) is 1. The molecule has 1 unspecified atom stereocenters. The smallest absolute Gasteiger partial charge is 0.381 e. The highest BCUT2D eigenvalue weighted by atomic mass is 32.2. The molecule has 0 radical (unpaired) electrons. The molecule has 1 saturated heterocycles. The lowest BCUT2D eigenvalue weighted by Crippen LogP contribution is -2.42. The van der Waals surface area contributed by atoms with Gasteiger partial charge in [0.2, 0.25) is 5.91 Å². The molecule has 0 aromatic heterocycles. The van der Waals surface area contributed by atoms with Gasteiger partial charge in [-0.1, -0.05) is 12.1 Å². The molecule has 1 saturated carbocycles. The third-order valence-electron chi connectivity index (χ3n) is 7.16. The fraction of sp³-hybridized carbons (Fsp3) is 0.370. The van der Waals surface area contributed by atoms with E-state index in [1.54, 1.807) is 0 Å². The minimum Gasteiger partial charge on any atom is -0.381 e. The number of fused-ring (bicyclic) bond motifs is 1. The molecule has 2 aliphatic rings. The number of nitrogens with one attached hydrogen (secondary N) is 1. The zero-order valence-corrected chi connectivity index (χ0v) is 21.8. The van der Waals surface area contributed by atoms with E-state index in [-0.39, 0.29) is 35.6 Å². The van der Waals surface area contributed by atoms with E-state index in [0.29, 0.717) is 24.3 Å². The van der Waals surface area contributed by atoms with Crippen LogP contribution in [0.15, 0.2) is 75.2 Å². The van der Waals surface area contributed by atoms with Crippen LogP contribution in [0.2, 0.25) is 0 Å². The molecule has 2 aromatic rings. The highest BCUT2D eigenvalue weighted by molar-refractivity contribution is 7.92. The Labute approximate surface area is 223 Å². The van der Waals surface area contributed by atoms with Gasteiger partial charge in [-0.25, -0.2) is 12.8 Å². The van der Waals surface area contributed by atoms with E-state index in [9.17, 15) is 30.8 Å². The van der Waals surface area contributed by atoms with Crippen molar-refractivity contribution in [2.75, 3.05) is 26.8 Å². The monoisotopic (exact) mass is 565 g/mol. The van der Waals surface area contributed by atoms with E-state index >= 15 is 0 Å². The van der Waals surface area contributed by atoms with Crippen molar-refractivity contribution in [2.24, 2.45) is 27.7 Å². The van der Waals surface area contributed by atoms with Crippen molar-refractivity contribution >= 4 is 28.2 Å². The van der Waals surface area contributed by atoms with Crippen LogP contribution in [0.5, 0.6) is 0 Å². The molecular weight excluding hydrogens is 538 g/mol. The summed E-state index contributed by atoms with van der Waals surface area (Å²) in [4.78, 5) is 21.2. The fourth-order valence-electron chi connectivity index (χ4n) is 5.19. The summed E-state index contributed by atoms with van der Waals surface area (Å²) in [6, 6.07) is 8.97. The van der Waals surface area contributed by atoms with Crippen molar-refractivity contribution in [3.63, 3.8) is 0 Å². The Kier molecular flexibility index (Phi) is 8.36. The Morgan fingerprint density at radius 3 is 2.38 bits per heavy atom. The van der Waals surface area contributed by atoms with Gasteiger partial charge in [0.15, 0.2) is 9.84 Å². The number of hydrogen-bond acceptors (Lipinski definition) is 6. The number of carbonyl (C=O) groups is 1. The van der Waals surface area contributed by atoms with Crippen molar-refractivity contribution in [3.05, 3.63) is 77.2 Å². The van der Waals surface area contributed by atoms with Gasteiger partial charge in [0, 0.05) is 19.6 Å². The van der Waals surface area contributed by atoms with Gasteiger partial charge in [-0.3, -0.25) is 14.8 Å². The van der Waals surface area contributed by atoms with Crippen molar-refractivity contribution < 1.29 is 35.5 Å². The van der Waals surface area contributed by atoms with Crippen LogP contribution in [0, 0.1) is 23.6 Å². The maximum Gasteiger partial charge on any atom is 0.416 e. The summed E-state index contributed by atoms with van der Waals surface area (Å²) in [5.41, 5.74) is 0.219. The van der Waals surface area contributed by atoms with Crippen LogP contribution in [0.4, 0.5) is 17.6 Å². The summed E-state index contributed by atoms with van der Waals surface area (Å²) < 4.78 is 84.7. The van der Waals surface area contributed by atoms with Crippen LogP contribution in [-0.4, -0.2) is 58.8 Å². The quantitative estimate of drug-likeness (QED) is 0.296. The second-order valence-corrected chi connectivity index (χ2v) is 11.6. The number of carbonyl (C=O) groups excluding carboxylic acids is 1. The molecule has 4 rings (SSSR count). The molecule has 1 N–H and O–H groups in total. The van der Waals surface area contributed by atoms with Gasteiger partial charge in [-0.2, -0.15) is 13.2 Å². The summed E-state index contributed by atoms with van der Waals surface area (Å²) in [6.45, 7) is 3.96. The van der Waals surface area contributed by atoms with Gasteiger partial charge in [-0.05, 0) is 67.1 Å². The van der Waals surface area contributed by atoms with Crippen LogP contribution < -0.4 is 5.32 Å². The molecule has 1 aliphatic heterocycles. The first-order valence-corrected chi connectivity index (χ1v) is 13.7. The highest BCUT2D eigenvalue weighted by Crippen LogP contribution is 2.46. The summed E-state index contributed by atoms with van der Waals surface area (Å²) in [6.07, 6.45) is -2.67. The first kappa shape index (κ1) is 28.6. The third-order valence-corrected chi connectivity index (χ3v) is 9.48. The first-order chi connectivity index (χ1) is 18.5. The average Bonchev–Trinajstić information content (AvgIpc) is 3.50. The van der Waals surface area contributed by atoms with E-state index in [4.69, 9.17) is 4.74 Å². The minimum atomic E-state index is -4.47. The van der Waals surface area contributed by atoms with E-state index in [0.717, 1.165) is 24.3 Å². The molecule has 4 atom stereocenters. The van der Waals surface area contributed by atoms with E-state index < -0.39 is 44.5 Å². The SMILES string of the molecule is C=N/C(=C\C(=NC)c1ccc(C(F)(F)F)cc1)CNC(=O)[C@@H]1C[C@H]2COC[C@H]2C1S(=O)(=O)c1ccc(F)cc1. The summed E-state index contributed by atoms with van der Waals surface area (Å²) in [5, 5.41) is 1.69. The van der Waals surface area contributed by atoms with E-state index in [2.05, 4.69) is 22.0 Å². The lowest BCUT2D eigenvalue weighted by atomic mass is 10.0. The lowest BCUT2D eigenvalue weighted by molar-refractivity contribution is -0.137. The molecule has 39 heavy (non-hydrogen) atoms. The van der Waals surface area contributed by atoms with Gasteiger partial charge in [-0.15, -0.1) is 0 Å².